The number of terminal acetylenes is 1. The highest BCUT2D eigenvalue weighted by Crippen LogP contribution is 2.29. The van der Waals surface area contributed by atoms with Crippen LogP contribution in [0, 0.1) is 24.2 Å². The van der Waals surface area contributed by atoms with Crippen molar-refractivity contribution >= 4 is 35.5 Å². The SMILES string of the molecule is C#CCNC(=O)[C@H](CO)NC(=O)[C@H](CCCCN(CC)CC)NC(=O)[C@H](NC(=O)[C@@H](NC(=O)c1ccc(Oc2ccccc2)cc1)C1CCCC1)[C@@H](C)CC.CC(=O)O. The molecule has 0 radical (unpaired) electrons. The molecule has 0 spiro atoms. The molecule has 0 aromatic heterocycles. The smallest absolute Gasteiger partial charge is 0.300 e. The third-order valence-electron chi connectivity index (χ3n) is 10.3. The fraction of sp³-hybridized carbons (Fsp3) is 0.545. The molecule has 15 heteroatoms. The minimum atomic E-state index is -1.27. The molecular formula is C44H64N6O9. The molecule has 324 valence electrons. The number of rotatable bonds is 23. The largest absolute Gasteiger partial charge is 0.481 e. The second-order valence-electron chi connectivity index (χ2n) is 14.6. The van der Waals surface area contributed by atoms with Crippen LogP contribution in [0.15, 0.2) is 54.6 Å². The topological polar surface area (TPSA) is 215 Å². The highest BCUT2D eigenvalue weighted by molar-refractivity contribution is 5.99. The Morgan fingerprint density at radius 2 is 1.41 bits per heavy atom. The van der Waals surface area contributed by atoms with Crippen molar-refractivity contribution in [3.05, 3.63) is 60.2 Å². The lowest BCUT2D eigenvalue weighted by molar-refractivity contribution is -0.135. The molecule has 59 heavy (non-hydrogen) atoms. The average Bonchev–Trinajstić information content (AvgIpc) is 3.77. The number of hydrogen-bond acceptors (Lipinski definition) is 9. The van der Waals surface area contributed by atoms with Crippen molar-refractivity contribution in [2.24, 2.45) is 11.8 Å². The predicted octanol–water partition coefficient (Wildman–Crippen LogP) is 3.61. The second-order valence-corrected chi connectivity index (χ2v) is 14.6. The van der Waals surface area contributed by atoms with Crippen LogP contribution in [0.4, 0.5) is 0 Å². The Balaban J connectivity index is 0.00000286. The number of carbonyl (C=O) groups excluding carboxylic acids is 5. The number of carboxylic acids is 1. The maximum atomic E-state index is 14.1. The summed E-state index contributed by atoms with van der Waals surface area (Å²) >= 11 is 0. The summed E-state index contributed by atoms with van der Waals surface area (Å²) in [7, 11) is 0. The van der Waals surface area contributed by atoms with E-state index in [2.05, 4.69) is 51.3 Å². The Morgan fingerprint density at radius 1 is 0.814 bits per heavy atom. The zero-order chi connectivity index (χ0) is 43.7. The molecular weight excluding hydrogens is 757 g/mol. The quantitative estimate of drug-likeness (QED) is 0.0639. The van der Waals surface area contributed by atoms with E-state index in [1.165, 1.54) is 0 Å². The maximum Gasteiger partial charge on any atom is 0.300 e. The van der Waals surface area contributed by atoms with Gasteiger partial charge >= 0.3 is 0 Å². The highest BCUT2D eigenvalue weighted by atomic mass is 16.5. The maximum absolute atomic E-state index is 14.1. The zero-order valence-electron chi connectivity index (χ0n) is 35.1. The molecule has 1 fully saturated rings. The van der Waals surface area contributed by atoms with Crippen LogP contribution in [0.1, 0.15) is 96.3 Å². The molecule has 0 bridgehead atoms. The molecule has 1 aliphatic rings. The number of amides is 5. The minimum Gasteiger partial charge on any atom is -0.481 e. The molecule has 0 saturated heterocycles. The van der Waals surface area contributed by atoms with Crippen LogP contribution >= 0.6 is 0 Å². The van der Waals surface area contributed by atoms with Crippen molar-refractivity contribution in [2.45, 2.75) is 110 Å². The fourth-order valence-corrected chi connectivity index (χ4v) is 6.64. The van der Waals surface area contributed by atoms with E-state index in [1.54, 1.807) is 24.3 Å². The van der Waals surface area contributed by atoms with Crippen LogP contribution in [0.3, 0.4) is 0 Å². The monoisotopic (exact) mass is 820 g/mol. The second kappa shape index (κ2) is 27.3. The van der Waals surface area contributed by atoms with Crippen molar-refractivity contribution < 1.29 is 43.7 Å². The number of aliphatic hydroxyl groups excluding tert-OH is 1. The first-order chi connectivity index (χ1) is 28.3. The number of aliphatic hydroxyl groups is 1. The Kier molecular flexibility index (Phi) is 23.0. The minimum absolute atomic E-state index is 0.0781. The van der Waals surface area contributed by atoms with Crippen molar-refractivity contribution in [1.29, 1.82) is 0 Å². The van der Waals surface area contributed by atoms with E-state index in [0.717, 1.165) is 58.7 Å². The van der Waals surface area contributed by atoms with E-state index in [9.17, 15) is 29.1 Å². The molecule has 1 aliphatic carbocycles. The lowest BCUT2D eigenvalue weighted by Gasteiger charge is -2.30. The molecule has 2 aromatic rings. The van der Waals surface area contributed by atoms with E-state index in [1.807, 2.05) is 44.2 Å². The van der Waals surface area contributed by atoms with Gasteiger partial charge in [-0.1, -0.05) is 71.1 Å². The Morgan fingerprint density at radius 3 is 1.97 bits per heavy atom. The Bertz CT molecular complexity index is 1650. The zero-order valence-corrected chi connectivity index (χ0v) is 35.1. The number of ether oxygens (including phenoxy) is 1. The fourth-order valence-electron chi connectivity index (χ4n) is 6.64. The summed E-state index contributed by atoms with van der Waals surface area (Å²) in [6, 6.07) is 11.7. The highest BCUT2D eigenvalue weighted by Gasteiger charge is 2.37. The third-order valence-corrected chi connectivity index (χ3v) is 10.3. The molecule has 5 amide bonds. The molecule has 1 saturated carbocycles. The van der Waals surface area contributed by atoms with Crippen LogP contribution in [0.2, 0.25) is 0 Å². The number of hydrogen-bond donors (Lipinski definition) is 7. The van der Waals surface area contributed by atoms with E-state index < -0.39 is 66.3 Å². The Hall–Kier alpha value is -5.46. The first-order valence-electron chi connectivity index (χ1n) is 20.6. The van der Waals surface area contributed by atoms with Crippen molar-refractivity contribution in [3.8, 4) is 23.8 Å². The van der Waals surface area contributed by atoms with Crippen LogP contribution in [-0.4, -0.2) is 108 Å². The summed E-state index contributed by atoms with van der Waals surface area (Å²) < 4.78 is 5.85. The van der Waals surface area contributed by atoms with Gasteiger partial charge in [-0.15, -0.1) is 6.42 Å². The van der Waals surface area contributed by atoms with Gasteiger partial charge in [0.05, 0.1) is 13.2 Å². The number of aliphatic carboxylic acids is 1. The van der Waals surface area contributed by atoms with E-state index in [0.29, 0.717) is 29.9 Å². The van der Waals surface area contributed by atoms with Gasteiger partial charge in [0.25, 0.3) is 11.9 Å². The average molecular weight is 821 g/mol. The van der Waals surface area contributed by atoms with Gasteiger partial charge < -0.3 is 46.4 Å². The molecule has 0 aliphatic heterocycles. The summed E-state index contributed by atoms with van der Waals surface area (Å²) in [6.07, 6.45) is 10.8. The van der Waals surface area contributed by atoms with Gasteiger partial charge in [0, 0.05) is 12.5 Å². The van der Waals surface area contributed by atoms with Crippen molar-refractivity contribution in [2.75, 3.05) is 32.8 Å². The molecule has 0 unspecified atom stereocenters. The summed E-state index contributed by atoms with van der Waals surface area (Å²) in [4.78, 5) is 79.0. The van der Waals surface area contributed by atoms with Gasteiger partial charge in [-0.2, -0.15) is 0 Å². The number of unbranched alkanes of at least 4 members (excludes halogenated alkanes) is 1. The molecule has 2 aromatic carbocycles. The normalized spacial score (nSPS) is 14.8. The van der Waals surface area contributed by atoms with E-state index >= 15 is 0 Å². The van der Waals surface area contributed by atoms with Gasteiger partial charge in [-0.05, 0) is 100.0 Å². The standard InChI is InChI=1S/C42H60N6O7.C2H4O2/c1-6-26-43-39(51)35(28-49)45-40(52)34(21-15-16-27-48(8-3)9-4)44-41(53)36(29(5)7-2)46-42(54)37(30-17-13-14-18-30)47-38(50)31-22-24-33(25-23-31)55-32-19-11-10-12-20-32;1-2(3)4/h1,10-12,19-20,22-25,29-30,34-37,49H,7-9,13-18,21,26-28H2,2-5H3,(H,43,51)(H,44,53)(H,45,52)(H,46,54)(H,47,50);1H3,(H,3,4)/t29-,34-,35-,36+,37-;/m0./s1. The van der Waals surface area contributed by atoms with Crippen LogP contribution in [0.25, 0.3) is 0 Å². The van der Waals surface area contributed by atoms with Crippen molar-refractivity contribution in [1.82, 2.24) is 31.5 Å². The number of nitrogens with one attached hydrogen (secondary N) is 5. The van der Waals surface area contributed by atoms with E-state index in [-0.39, 0.29) is 24.8 Å². The van der Waals surface area contributed by atoms with Gasteiger partial charge in [0.2, 0.25) is 23.6 Å². The van der Waals surface area contributed by atoms with Crippen molar-refractivity contribution in [3.63, 3.8) is 0 Å². The third kappa shape index (κ3) is 17.9. The number of nitrogens with zero attached hydrogens (tertiary/aromatic N) is 1. The number of carbonyl (C=O) groups is 6. The number of benzene rings is 2. The molecule has 15 nitrogen and oxygen atoms in total. The number of carboxylic acid groups (broad SMARTS) is 1. The lowest BCUT2D eigenvalue weighted by Crippen LogP contribution is -2.60. The first-order valence-corrected chi connectivity index (χ1v) is 20.6. The summed E-state index contributed by atoms with van der Waals surface area (Å²) in [5, 5.41) is 31.0. The van der Waals surface area contributed by atoms with Crippen LogP contribution in [-0.2, 0) is 24.0 Å². The summed E-state index contributed by atoms with van der Waals surface area (Å²) in [6.45, 7) is 10.8. The van der Waals surface area contributed by atoms with Gasteiger partial charge in [-0.25, -0.2) is 0 Å². The van der Waals surface area contributed by atoms with Crippen LogP contribution in [0.5, 0.6) is 11.5 Å². The van der Waals surface area contributed by atoms with Gasteiger partial charge in [-0.3, -0.25) is 28.8 Å². The molecule has 3 rings (SSSR count). The summed E-state index contributed by atoms with van der Waals surface area (Å²) in [5.41, 5.74) is 0.358. The predicted molar refractivity (Wildman–Crippen MR) is 225 cm³/mol. The molecule has 7 N–H and O–H groups in total. The summed E-state index contributed by atoms with van der Waals surface area (Å²) in [5.74, 6) is -0.527. The number of para-hydroxylation sites is 1. The van der Waals surface area contributed by atoms with E-state index in [4.69, 9.17) is 21.1 Å². The molecule has 5 atom stereocenters. The molecule has 0 heterocycles. The Labute approximate surface area is 348 Å². The van der Waals surface area contributed by atoms with Gasteiger partial charge in [0.1, 0.15) is 35.7 Å². The first kappa shape index (κ1) is 49.7. The lowest BCUT2D eigenvalue weighted by atomic mass is 9.93. The van der Waals surface area contributed by atoms with Crippen LogP contribution < -0.4 is 31.3 Å². The van der Waals surface area contributed by atoms with Gasteiger partial charge in [0.15, 0.2) is 0 Å².